The summed E-state index contributed by atoms with van der Waals surface area (Å²) in [5, 5.41) is 3.76. The van der Waals surface area contributed by atoms with Gasteiger partial charge in [0.15, 0.2) is 0 Å². The lowest BCUT2D eigenvalue weighted by Gasteiger charge is -2.19. The topological polar surface area (TPSA) is 12.0 Å². The SMILES string of the molecule is CCCCCCC(Cc1cccc(Cl)c1F)NCCC. The minimum atomic E-state index is -0.258. The van der Waals surface area contributed by atoms with E-state index in [1.165, 1.54) is 25.7 Å². The van der Waals surface area contributed by atoms with E-state index >= 15 is 0 Å². The summed E-state index contributed by atoms with van der Waals surface area (Å²) in [5.74, 6) is -0.258. The van der Waals surface area contributed by atoms with E-state index in [1.54, 1.807) is 6.07 Å². The van der Waals surface area contributed by atoms with Gasteiger partial charge < -0.3 is 5.32 Å². The highest BCUT2D eigenvalue weighted by Crippen LogP contribution is 2.20. The summed E-state index contributed by atoms with van der Waals surface area (Å²) in [4.78, 5) is 0. The highest BCUT2D eigenvalue weighted by molar-refractivity contribution is 6.30. The Balaban J connectivity index is 2.56. The van der Waals surface area contributed by atoms with Crippen molar-refractivity contribution < 1.29 is 4.39 Å². The number of hydrogen-bond acceptors (Lipinski definition) is 1. The van der Waals surface area contributed by atoms with Crippen molar-refractivity contribution in [3.05, 3.63) is 34.6 Å². The molecule has 0 aliphatic rings. The van der Waals surface area contributed by atoms with Gasteiger partial charge in [0.05, 0.1) is 5.02 Å². The molecule has 0 aromatic heterocycles. The number of benzene rings is 1. The molecule has 0 saturated heterocycles. The zero-order chi connectivity index (χ0) is 14.8. The van der Waals surface area contributed by atoms with E-state index in [2.05, 4.69) is 19.2 Å². The molecule has 20 heavy (non-hydrogen) atoms. The molecule has 0 bridgehead atoms. The minimum Gasteiger partial charge on any atom is -0.314 e. The average Bonchev–Trinajstić information content (AvgIpc) is 2.45. The van der Waals surface area contributed by atoms with Gasteiger partial charge in [0.1, 0.15) is 5.82 Å². The molecule has 1 atom stereocenters. The third-order valence-electron chi connectivity index (χ3n) is 3.59. The van der Waals surface area contributed by atoms with Crippen molar-refractivity contribution in [2.45, 2.75) is 64.8 Å². The zero-order valence-electron chi connectivity index (χ0n) is 12.7. The predicted molar refractivity (Wildman–Crippen MR) is 86.0 cm³/mol. The molecule has 3 heteroatoms. The van der Waals surface area contributed by atoms with Crippen molar-refractivity contribution in [1.82, 2.24) is 5.32 Å². The molecule has 1 rings (SSSR count). The average molecular weight is 300 g/mol. The molecule has 1 unspecified atom stereocenters. The molecule has 0 heterocycles. The quantitative estimate of drug-likeness (QED) is 0.573. The Morgan fingerprint density at radius 1 is 1.15 bits per heavy atom. The van der Waals surface area contributed by atoms with Crippen molar-refractivity contribution in [3.8, 4) is 0 Å². The standard InChI is InChI=1S/C17H27ClFN/c1-3-5-6-7-10-15(20-12-4-2)13-14-9-8-11-16(18)17(14)19/h8-9,11,15,20H,3-7,10,12-13H2,1-2H3. The van der Waals surface area contributed by atoms with Crippen LogP contribution in [0.25, 0.3) is 0 Å². The van der Waals surface area contributed by atoms with E-state index in [0.717, 1.165) is 31.4 Å². The maximum absolute atomic E-state index is 14.0. The summed E-state index contributed by atoms with van der Waals surface area (Å²) in [6, 6.07) is 5.62. The van der Waals surface area contributed by atoms with Crippen LogP contribution in [-0.2, 0) is 6.42 Å². The molecule has 0 saturated carbocycles. The third-order valence-corrected chi connectivity index (χ3v) is 3.88. The summed E-state index contributed by atoms with van der Waals surface area (Å²) in [7, 11) is 0. The van der Waals surface area contributed by atoms with Crippen molar-refractivity contribution >= 4 is 11.6 Å². The van der Waals surface area contributed by atoms with Crippen LogP contribution in [0.5, 0.6) is 0 Å². The van der Waals surface area contributed by atoms with E-state index in [-0.39, 0.29) is 10.8 Å². The van der Waals surface area contributed by atoms with Crippen molar-refractivity contribution in [1.29, 1.82) is 0 Å². The van der Waals surface area contributed by atoms with Crippen molar-refractivity contribution in [2.24, 2.45) is 0 Å². The largest absolute Gasteiger partial charge is 0.314 e. The van der Waals surface area contributed by atoms with Gasteiger partial charge in [0.2, 0.25) is 0 Å². The van der Waals surface area contributed by atoms with Crippen LogP contribution >= 0.6 is 11.6 Å². The van der Waals surface area contributed by atoms with Crippen molar-refractivity contribution in [3.63, 3.8) is 0 Å². The summed E-state index contributed by atoms with van der Waals surface area (Å²) >= 11 is 5.85. The fourth-order valence-electron chi connectivity index (χ4n) is 2.41. The van der Waals surface area contributed by atoms with Crippen LogP contribution in [0.3, 0.4) is 0 Å². The number of halogens is 2. The molecule has 0 aliphatic carbocycles. The zero-order valence-corrected chi connectivity index (χ0v) is 13.5. The molecule has 114 valence electrons. The minimum absolute atomic E-state index is 0.225. The number of hydrogen-bond donors (Lipinski definition) is 1. The molecular formula is C17H27ClFN. The van der Waals surface area contributed by atoms with Gasteiger partial charge in [-0.1, -0.05) is 63.3 Å². The second kappa shape index (κ2) is 10.2. The highest BCUT2D eigenvalue weighted by Gasteiger charge is 2.13. The lowest BCUT2D eigenvalue weighted by molar-refractivity contribution is 0.446. The molecule has 0 fully saturated rings. The van der Waals surface area contributed by atoms with Gasteiger partial charge in [-0.2, -0.15) is 0 Å². The first-order chi connectivity index (χ1) is 9.69. The van der Waals surface area contributed by atoms with Crippen LogP contribution in [0.15, 0.2) is 18.2 Å². The van der Waals surface area contributed by atoms with Crippen LogP contribution in [0.4, 0.5) is 4.39 Å². The second-order valence-electron chi connectivity index (χ2n) is 5.42. The van der Waals surface area contributed by atoms with Crippen LogP contribution in [0, 0.1) is 5.82 Å². The van der Waals surface area contributed by atoms with E-state index < -0.39 is 0 Å². The molecular weight excluding hydrogens is 273 g/mol. The Morgan fingerprint density at radius 3 is 2.65 bits per heavy atom. The predicted octanol–water partition coefficient (Wildman–Crippen LogP) is 5.36. The molecule has 1 N–H and O–H groups in total. The smallest absolute Gasteiger partial charge is 0.145 e. The van der Waals surface area contributed by atoms with Gasteiger partial charge in [0.25, 0.3) is 0 Å². The Hall–Kier alpha value is -0.600. The van der Waals surface area contributed by atoms with E-state index in [4.69, 9.17) is 11.6 Å². The fraction of sp³-hybridized carbons (Fsp3) is 0.647. The number of nitrogens with one attached hydrogen (secondary N) is 1. The normalized spacial score (nSPS) is 12.6. The summed E-state index contributed by atoms with van der Waals surface area (Å²) in [6.45, 7) is 5.36. The summed E-state index contributed by atoms with van der Waals surface area (Å²) in [5.41, 5.74) is 0.724. The van der Waals surface area contributed by atoms with E-state index in [0.29, 0.717) is 6.04 Å². The first-order valence-electron chi connectivity index (χ1n) is 7.85. The molecule has 0 aliphatic heterocycles. The van der Waals surface area contributed by atoms with E-state index in [9.17, 15) is 4.39 Å². The molecule has 0 amide bonds. The van der Waals surface area contributed by atoms with Gasteiger partial charge in [-0.05, 0) is 37.4 Å². The number of rotatable bonds is 10. The number of unbranched alkanes of at least 4 members (excludes halogenated alkanes) is 3. The first kappa shape index (κ1) is 17.5. The summed E-state index contributed by atoms with van der Waals surface area (Å²) < 4.78 is 14.0. The lowest BCUT2D eigenvalue weighted by Crippen LogP contribution is -2.32. The molecule has 1 aromatic carbocycles. The van der Waals surface area contributed by atoms with Gasteiger partial charge in [-0.25, -0.2) is 4.39 Å². The van der Waals surface area contributed by atoms with Gasteiger partial charge in [-0.15, -0.1) is 0 Å². The Labute approximate surface area is 127 Å². The van der Waals surface area contributed by atoms with Crippen LogP contribution in [-0.4, -0.2) is 12.6 Å². The molecule has 1 aromatic rings. The lowest BCUT2D eigenvalue weighted by atomic mass is 9.99. The van der Waals surface area contributed by atoms with Crippen LogP contribution in [0.1, 0.15) is 57.9 Å². The Bertz CT molecular complexity index is 381. The fourth-order valence-corrected chi connectivity index (χ4v) is 2.61. The van der Waals surface area contributed by atoms with Gasteiger partial charge in [0, 0.05) is 6.04 Å². The van der Waals surface area contributed by atoms with Gasteiger partial charge >= 0.3 is 0 Å². The van der Waals surface area contributed by atoms with E-state index in [1.807, 2.05) is 12.1 Å². The second-order valence-corrected chi connectivity index (χ2v) is 5.82. The maximum atomic E-state index is 14.0. The first-order valence-corrected chi connectivity index (χ1v) is 8.23. The summed E-state index contributed by atoms with van der Waals surface area (Å²) in [6.07, 6.45) is 7.92. The molecule has 0 spiro atoms. The maximum Gasteiger partial charge on any atom is 0.145 e. The monoisotopic (exact) mass is 299 g/mol. The van der Waals surface area contributed by atoms with Crippen LogP contribution in [0.2, 0.25) is 5.02 Å². The molecule has 1 nitrogen and oxygen atoms in total. The highest BCUT2D eigenvalue weighted by atomic mass is 35.5. The molecule has 0 radical (unpaired) electrons. The third kappa shape index (κ3) is 6.23. The van der Waals surface area contributed by atoms with Crippen molar-refractivity contribution in [2.75, 3.05) is 6.54 Å². The Kier molecular flexibility index (Phi) is 8.88. The van der Waals surface area contributed by atoms with Crippen LogP contribution < -0.4 is 5.32 Å². The van der Waals surface area contributed by atoms with Gasteiger partial charge in [-0.3, -0.25) is 0 Å². The Morgan fingerprint density at radius 2 is 1.95 bits per heavy atom.